The van der Waals surface area contributed by atoms with Crippen molar-refractivity contribution in [3.63, 3.8) is 0 Å². The molecule has 0 bridgehead atoms. The van der Waals surface area contributed by atoms with E-state index in [1.807, 2.05) is 12.1 Å². The topological polar surface area (TPSA) is 32.8 Å². The van der Waals surface area contributed by atoms with Gasteiger partial charge in [-0.05, 0) is 101 Å². The zero-order valence-electron chi connectivity index (χ0n) is 33.0. The number of aryl methyl sites for hydroxylation is 3. The molecule has 0 aliphatic carbocycles. The maximum absolute atomic E-state index is 6.78. The summed E-state index contributed by atoms with van der Waals surface area (Å²) in [5.41, 5.74) is 13.5. The largest absolute Gasteiger partial charge is 0.454 e. The number of nitrogens with zero attached hydrogens (tertiary/aromatic N) is 2. The standard InChI is InChI=1S/C55H38N2O2/c1-33-13-4-8-18-44(33)56(48-20-12-17-40-38-15-6-10-21-49(38)58-54(40)48)46-31-26-36-25-30-43-47(32-27-37-24-29-42(46)51(36)52(37)43)57(45-19-9-5-14-34(45)2)53-35(3)23-28-41-39-16-7-11-22-50(39)59-55(41)53/h4-32H,1-3H3. The van der Waals surface area contributed by atoms with Crippen molar-refractivity contribution in [3.05, 3.63) is 193 Å². The van der Waals surface area contributed by atoms with Crippen molar-refractivity contribution in [1.29, 1.82) is 0 Å². The molecule has 0 amide bonds. The molecule has 280 valence electrons. The van der Waals surface area contributed by atoms with Crippen LogP contribution in [0, 0.1) is 20.8 Å². The van der Waals surface area contributed by atoms with E-state index in [0.717, 1.165) is 83.6 Å². The SMILES string of the molecule is Cc1ccccc1N(c1ccc2ccc3c(N(c4ccccc4C)c4c(C)ccc5c4oc4ccccc45)ccc4ccc1c2c43)c1cccc2c1oc1ccccc12. The summed E-state index contributed by atoms with van der Waals surface area (Å²) in [6.45, 7) is 6.58. The maximum atomic E-state index is 6.78. The molecule has 0 fully saturated rings. The summed E-state index contributed by atoms with van der Waals surface area (Å²) in [5.74, 6) is 0. The summed E-state index contributed by atoms with van der Waals surface area (Å²) in [6, 6.07) is 63.3. The predicted molar refractivity (Wildman–Crippen MR) is 248 cm³/mol. The Labute approximate surface area is 341 Å². The van der Waals surface area contributed by atoms with E-state index in [1.165, 1.54) is 43.4 Å². The Morgan fingerprint density at radius 1 is 0.305 bits per heavy atom. The highest BCUT2D eigenvalue weighted by molar-refractivity contribution is 6.29. The lowest BCUT2D eigenvalue weighted by Gasteiger charge is -2.31. The van der Waals surface area contributed by atoms with E-state index in [-0.39, 0.29) is 0 Å². The van der Waals surface area contributed by atoms with E-state index in [1.54, 1.807) is 0 Å². The van der Waals surface area contributed by atoms with Gasteiger partial charge in [0.2, 0.25) is 0 Å². The van der Waals surface area contributed by atoms with Crippen LogP contribution in [0.5, 0.6) is 0 Å². The summed E-state index contributed by atoms with van der Waals surface area (Å²) in [7, 11) is 0. The van der Waals surface area contributed by atoms with Crippen LogP contribution >= 0.6 is 0 Å². The number of anilines is 6. The van der Waals surface area contributed by atoms with Crippen molar-refractivity contribution in [1.82, 2.24) is 0 Å². The Bertz CT molecular complexity index is 3630. The highest BCUT2D eigenvalue weighted by atomic mass is 16.3. The first-order valence-corrected chi connectivity index (χ1v) is 20.3. The monoisotopic (exact) mass is 758 g/mol. The van der Waals surface area contributed by atoms with Crippen LogP contribution in [0.15, 0.2) is 185 Å². The van der Waals surface area contributed by atoms with Gasteiger partial charge in [-0.25, -0.2) is 0 Å². The van der Waals surface area contributed by atoms with Crippen molar-refractivity contribution >= 4 is 110 Å². The average Bonchev–Trinajstić information content (AvgIpc) is 3.85. The third-order valence-electron chi connectivity index (χ3n) is 12.4. The lowest BCUT2D eigenvalue weighted by atomic mass is 9.91. The highest BCUT2D eigenvalue weighted by Crippen LogP contribution is 2.51. The fraction of sp³-hybridized carbons (Fsp3) is 0.0545. The third kappa shape index (κ3) is 4.90. The van der Waals surface area contributed by atoms with Gasteiger partial charge in [-0.1, -0.05) is 133 Å². The van der Waals surface area contributed by atoms with Gasteiger partial charge in [-0.15, -0.1) is 0 Å². The normalized spacial score (nSPS) is 12.0. The predicted octanol–water partition coefficient (Wildman–Crippen LogP) is 16.2. The molecular weight excluding hydrogens is 721 g/mol. The van der Waals surface area contributed by atoms with E-state index in [9.17, 15) is 0 Å². The van der Waals surface area contributed by atoms with Gasteiger partial charge in [0.25, 0.3) is 0 Å². The molecule has 2 heterocycles. The second-order valence-corrected chi connectivity index (χ2v) is 15.8. The summed E-state index contributed by atoms with van der Waals surface area (Å²) in [6.07, 6.45) is 0. The molecule has 2 aromatic heterocycles. The number of furan rings is 2. The minimum Gasteiger partial charge on any atom is -0.454 e. The van der Waals surface area contributed by atoms with Crippen molar-refractivity contribution in [2.45, 2.75) is 20.8 Å². The van der Waals surface area contributed by atoms with E-state index in [2.05, 4.69) is 194 Å². The van der Waals surface area contributed by atoms with Gasteiger partial charge in [-0.2, -0.15) is 0 Å². The quantitative estimate of drug-likeness (QED) is 0.158. The van der Waals surface area contributed by atoms with Gasteiger partial charge in [-0.3, -0.25) is 0 Å². The van der Waals surface area contributed by atoms with Crippen molar-refractivity contribution in [2.75, 3.05) is 9.80 Å². The number of para-hydroxylation sites is 5. The number of hydrogen-bond acceptors (Lipinski definition) is 4. The molecule has 12 aromatic rings. The van der Waals surface area contributed by atoms with E-state index >= 15 is 0 Å². The molecule has 10 aromatic carbocycles. The van der Waals surface area contributed by atoms with Gasteiger partial charge in [0.05, 0.1) is 22.7 Å². The summed E-state index contributed by atoms with van der Waals surface area (Å²) < 4.78 is 13.5. The first-order chi connectivity index (χ1) is 29.0. The maximum Gasteiger partial charge on any atom is 0.159 e. The van der Waals surface area contributed by atoms with Crippen LogP contribution in [0.1, 0.15) is 16.7 Å². The van der Waals surface area contributed by atoms with Crippen molar-refractivity contribution in [3.8, 4) is 0 Å². The third-order valence-corrected chi connectivity index (χ3v) is 12.4. The Morgan fingerprint density at radius 3 is 1.39 bits per heavy atom. The van der Waals surface area contributed by atoms with Crippen molar-refractivity contribution in [2.24, 2.45) is 0 Å². The molecule has 0 aliphatic heterocycles. The Hall–Kier alpha value is -7.56. The van der Waals surface area contributed by atoms with Crippen LogP contribution in [0.4, 0.5) is 34.1 Å². The number of fused-ring (bicyclic) bond motifs is 6. The lowest BCUT2D eigenvalue weighted by molar-refractivity contribution is 0.668. The molecule has 4 heteroatoms. The molecule has 0 radical (unpaired) electrons. The first-order valence-electron chi connectivity index (χ1n) is 20.3. The second kappa shape index (κ2) is 12.7. The first kappa shape index (κ1) is 33.6. The Kier molecular flexibility index (Phi) is 7.24. The lowest BCUT2D eigenvalue weighted by Crippen LogP contribution is -2.14. The molecule has 0 N–H and O–H groups in total. The number of rotatable bonds is 6. The van der Waals surface area contributed by atoms with Gasteiger partial charge in [0, 0.05) is 43.7 Å². The average molecular weight is 759 g/mol. The molecule has 0 saturated carbocycles. The fourth-order valence-electron chi connectivity index (χ4n) is 9.61. The van der Waals surface area contributed by atoms with E-state index < -0.39 is 0 Å². The van der Waals surface area contributed by atoms with Crippen LogP contribution in [0.25, 0.3) is 76.2 Å². The fourth-order valence-corrected chi connectivity index (χ4v) is 9.61. The molecule has 0 atom stereocenters. The Balaban J connectivity index is 1.16. The molecular formula is C55H38N2O2. The number of benzene rings is 10. The molecule has 0 saturated heterocycles. The van der Waals surface area contributed by atoms with Crippen LogP contribution in [-0.2, 0) is 0 Å². The minimum absolute atomic E-state index is 0.869. The Morgan fingerprint density at radius 2 is 0.763 bits per heavy atom. The molecule has 59 heavy (non-hydrogen) atoms. The molecule has 4 nitrogen and oxygen atoms in total. The van der Waals surface area contributed by atoms with Gasteiger partial charge >= 0.3 is 0 Å². The van der Waals surface area contributed by atoms with Crippen LogP contribution in [-0.4, -0.2) is 0 Å². The van der Waals surface area contributed by atoms with Gasteiger partial charge < -0.3 is 18.6 Å². The van der Waals surface area contributed by atoms with Gasteiger partial charge in [0.15, 0.2) is 11.2 Å². The molecule has 0 unspecified atom stereocenters. The molecule has 12 rings (SSSR count). The number of hydrogen-bond donors (Lipinski definition) is 0. The van der Waals surface area contributed by atoms with Crippen LogP contribution in [0.2, 0.25) is 0 Å². The summed E-state index contributed by atoms with van der Waals surface area (Å²) in [5, 5.41) is 11.7. The molecule has 0 aliphatic rings. The van der Waals surface area contributed by atoms with E-state index in [4.69, 9.17) is 8.83 Å². The van der Waals surface area contributed by atoms with Crippen LogP contribution in [0.3, 0.4) is 0 Å². The van der Waals surface area contributed by atoms with Crippen LogP contribution < -0.4 is 9.80 Å². The summed E-state index contributed by atoms with van der Waals surface area (Å²) in [4.78, 5) is 4.84. The van der Waals surface area contributed by atoms with Crippen molar-refractivity contribution < 1.29 is 8.83 Å². The highest BCUT2D eigenvalue weighted by Gasteiger charge is 2.27. The minimum atomic E-state index is 0.869. The zero-order chi connectivity index (χ0) is 39.4. The van der Waals surface area contributed by atoms with E-state index in [0.29, 0.717) is 0 Å². The molecule has 0 spiro atoms. The smallest absolute Gasteiger partial charge is 0.159 e. The second-order valence-electron chi connectivity index (χ2n) is 15.8. The zero-order valence-corrected chi connectivity index (χ0v) is 33.0. The summed E-state index contributed by atoms with van der Waals surface area (Å²) >= 11 is 0. The van der Waals surface area contributed by atoms with Gasteiger partial charge in [0.1, 0.15) is 11.2 Å².